The topological polar surface area (TPSA) is 91.4 Å². The molecule has 9 nitrogen and oxygen atoms in total. The van der Waals surface area contributed by atoms with Crippen molar-refractivity contribution < 1.29 is 23.9 Å². The van der Waals surface area contributed by atoms with E-state index in [1.807, 2.05) is 102 Å². The lowest BCUT2D eigenvalue weighted by Crippen LogP contribution is -2.47. The molecule has 1 aliphatic rings. The Labute approximate surface area is 304 Å². The van der Waals surface area contributed by atoms with Gasteiger partial charge in [0, 0.05) is 50.6 Å². The lowest BCUT2D eigenvalue weighted by atomic mass is 9.96. The molecule has 1 N–H and O–H groups in total. The van der Waals surface area contributed by atoms with Gasteiger partial charge in [-0.15, -0.1) is 0 Å². The van der Waals surface area contributed by atoms with Crippen LogP contribution in [0.3, 0.4) is 0 Å². The summed E-state index contributed by atoms with van der Waals surface area (Å²) in [6.07, 6.45) is 3.52. The summed E-state index contributed by atoms with van der Waals surface area (Å²) in [5.74, 6) is 0.177. The van der Waals surface area contributed by atoms with E-state index in [1.54, 1.807) is 43.6 Å². The number of amides is 3. The molecular weight excluding hydrogens is 652 g/mol. The minimum absolute atomic E-state index is 0.0264. The van der Waals surface area contributed by atoms with Crippen molar-refractivity contribution in [3.05, 3.63) is 155 Å². The molecule has 52 heavy (non-hydrogen) atoms. The third kappa shape index (κ3) is 8.39. The Morgan fingerprint density at radius 2 is 1.42 bits per heavy atom. The molecule has 0 aromatic heterocycles. The molecule has 0 spiro atoms. The highest BCUT2D eigenvalue weighted by Crippen LogP contribution is 2.40. The number of carbonyl (C=O) groups excluding carboxylic acids is 3. The molecule has 1 aliphatic heterocycles. The smallest absolute Gasteiger partial charge is 0.259 e. The van der Waals surface area contributed by atoms with Gasteiger partial charge in [0.05, 0.1) is 23.9 Å². The van der Waals surface area contributed by atoms with Gasteiger partial charge in [0.25, 0.3) is 17.7 Å². The molecule has 1 heterocycles. The Morgan fingerprint density at radius 3 is 2.12 bits per heavy atom. The first-order chi connectivity index (χ1) is 25.3. The monoisotopic (exact) mass is 694 g/mol. The minimum atomic E-state index is -0.378. The van der Waals surface area contributed by atoms with Crippen molar-refractivity contribution in [2.75, 3.05) is 52.7 Å². The van der Waals surface area contributed by atoms with Gasteiger partial charge in [-0.3, -0.25) is 14.4 Å². The van der Waals surface area contributed by atoms with E-state index in [1.165, 1.54) is 12.0 Å². The summed E-state index contributed by atoms with van der Waals surface area (Å²) in [5.41, 5.74) is 4.94. The molecule has 5 aromatic rings. The van der Waals surface area contributed by atoms with Gasteiger partial charge in [-0.1, -0.05) is 84.9 Å². The molecular formula is C43H42N4O5. The number of hydrogen-bond donors (Lipinski definition) is 1. The van der Waals surface area contributed by atoms with Gasteiger partial charge in [-0.25, -0.2) is 0 Å². The average molecular weight is 695 g/mol. The van der Waals surface area contributed by atoms with Crippen molar-refractivity contribution in [1.29, 1.82) is 0 Å². The van der Waals surface area contributed by atoms with E-state index in [2.05, 4.69) is 17.3 Å². The quantitative estimate of drug-likeness (QED) is 0.156. The van der Waals surface area contributed by atoms with E-state index in [-0.39, 0.29) is 17.7 Å². The van der Waals surface area contributed by atoms with Crippen LogP contribution in [0.25, 0.3) is 17.2 Å². The summed E-state index contributed by atoms with van der Waals surface area (Å²) in [7, 11) is 5.27. The van der Waals surface area contributed by atoms with Gasteiger partial charge in [-0.2, -0.15) is 0 Å². The second kappa shape index (κ2) is 16.7. The Hall–Kier alpha value is -6.19. The number of nitrogens with zero attached hydrogens (tertiary/aromatic N) is 3. The largest absolute Gasteiger partial charge is 0.494 e. The molecule has 0 radical (unpaired) electrons. The molecule has 0 atom stereocenters. The summed E-state index contributed by atoms with van der Waals surface area (Å²) >= 11 is 0. The zero-order valence-electron chi connectivity index (χ0n) is 29.6. The highest BCUT2D eigenvalue weighted by Gasteiger charge is 2.24. The molecule has 0 aliphatic carbocycles. The van der Waals surface area contributed by atoms with Crippen LogP contribution >= 0.6 is 0 Å². The first kappa shape index (κ1) is 35.6. The van der Waals surface area contributed by atoms with Crippen LogP contribution in [0.15, 0.2) is 128 Å². The molecule has 0 unspecified atom stereocenters. The highest BCUT2D eigenvalue weighted by atomic mass is 16.5. The summed E-state index contributed by atoms with van der Waals surface area (Å²) in [6.45, 7) is 3.47. The van der Waals surface area contributed by atoms with Crippen LogP contribution in [-0.2, 0) is 6.61 Å². The molecule has 5 aromatic carbocycles. The predicted molar refractivity (Wildman–Crippen MR) is 205 cm³/mol. The lowest BCUT2D eigenvalue weighted by molar-refractivity contribution is 0.0663. The number of anilines is 1. The Morgan fingerprint density at radius 1 is 0.769 bits per heavy atom. The maximum atomic E-state index is 14.0. The van der Waals surface area contributed by atoms with Gasteiger partial charge in [0.1, 0.15) is 12.4 Å². The molecule has 1 saturated heterocycles. The molecule has 264 valence electrons. The van der Waals surface area contributed by atoms with Crippen molar-refractivity contribution >= 4 is 29.5 Å². The number of ether oxygens (including phenoxy) is 2. The van der Waals surface area contributed by atoms with Gasteiger partial charge >= 0.3 is 0 Å². The third-order valence-corrected chi connectivity index (χ3v) is 9.03. The van der Waals surface area contributed by atoms with E-state index in [4.69, 9.17) is 9.47 Å². The van der Waals surface area contributed by atoms with Crippen LogP contribution < -0.4 is 14.8 Å². The fraction of sp³-hybridized carbons (Fsp3) is 0.186. The highest BCUT2D eigenvalue weighted by molar-refractivity contribution is 6.09. The number of para-hydroxylation sites is 1. The summed E-state index contributed by atoms with van der Waals surface area (Å²) in [6, 6.07) is 37.0. The number of piperazine rings is 1. The van der Waals surface area contributed by atoms with Crippen LogP contribution in [0.5, 0.6) is 11.5 Å². The van der Waals surface area contributed by atoms with Gasteiger partial charge in [-0.05, 0) is 66.2 Å². The predicted octanol–water partition coefficient (Wildman–Crippen LogP) is 7.32. The van der Waals surface area contributed by atoms with Gasteiger partial charge < -0.3 is 29.5 Å². The first-order valence-electron chi connectivity index (χ1n) is 17.2. The number of benzene rings is 5. The fourth-order valence-corrected chi connectivity index (χ4v) is 6.05. The van der Waals surface area contributed by atoms with Crippen molar-refractivity contribution in [2.45, 2.75) is 6.61 Å². The molecule has 3 amide bonds. The maximum absolute atomic E-state index is 14.0. The molecule has 0 bridgehead atoms. The first-order valence-corrected chi connectivity index (χ1v) is 17.2. The Balaban J connectivity index is 1.22. The second-order valence-corrected chi connectivity index (χ2v) is 12.6. The normalized spacial score (nSPS) is 13.1. The summed E-state index contributed by atoms with van der Waals surface area (Å²) in [5, 5.41) is 2.99. The lowest BCUT2D eigenvalue weighted by Gasteiger charge is -2.32. The van der Waals surface area contributed by atoms with Crippen molar-refractivity contribution in [3.63, 3.8) is 0 Å². The van der Waals surface area contributed by atoms with Crippen LogP contribution in [0.4, 0.5) is 5.69 Å². The van der Waals surface area contributed by atoms with Crippen molar-refractivity contribution in [3.8, 4) is 22.6 Å². The molecule has 1 fully saturated rings. The maximum Gasteiger partial charge on any atom is 0.259 e. The third-order valence-electron chi connectivity index (χ3n) is 9.03. The van der Waals surface area contributed by atoms with E-state index >= 15 is 0 Å². The van der Waals surface area contributed by atoms with E-state index in [0.29, 0.717) is 59.1 Å². The van der Waals surface area contributed by atoms with E-state index in [0.717, 1.165) is 29.8 Å². The number of nitrogens with one attached hydrogen (secondary N) is 1. The van der Waals surface area contributed by atoms with Crippen LogP contribution in [-0.4, -0.2) is 79.8 Å². The van der Waals surface area contributed by atoms with Crippen LogP contribution in [0, 0.1) is 0 Å². The number of methoxy groups -OCH3 is 1. The van der Waals surface area contributed by atoms with Crippen LogP contribution in [0.2, 0.25) is 0 Å². The molecule has 6 rings (SSSR count). The molecule has 9 heteroatoms. The van der Waals surface area contributed by atoms with E-state index < -0.39 is 0 Å². The Bertz CT molecular complexity index is 2040. The number of carbonyl (C=O) groups is 3. The second-order valence-electron chi connectivity index (χ2n) is 12.6. The van der Waals surface area contributed by atoms with Gasteiger partial charge in [0.15, 0.2) is 5.75 Å². The average Bonchev–Trinajstić information content (AvgIpc) is 3.19. The number of hydrogen-bond acceptors (Lipinski definition) is 6. The standard InChI is InChI=1S/C43H42N4O5/c1-45-26-28-47(29-27-45)42(49)34-20-18-31(19-21-34)24-25-46(2)43(50)36-22-23-37(40(51-3)39(36)33-14-8-5-9-15-33)44-41(48)35-16-10-11-17-38(35)52-30-32-12-6-4-7-13-32/h4-25H,26-30H2,1-3H3,(H,44,48). The van der Waals surface area contributed by atoms with E-state index in [9.17, 15) is 14.4 Å². The fourth-order valence-electron chi connectivity index (χ4n) is 6.05. The zero-order chi connectivity index (χ0) is 36.5. The number of rotatable bonds is 11. The SMILES string of the molecule is COc1c(NC(=O)c2ccccc2OCc2ccccc2)ccc(C(=O)N(C)C=Cc2ccc(C(=O)N3CCN(C)CC3)cc2)c1-c1ccccc1. The molecule has 0 saturated carbocycles. The summed E-state index contributed by atoms with van der Waals surface area (Å²) in [4.78, 5) is 46.3. The Kier molecular flexibility index (Phi) is 11.4. The van der Waals surface area contributed by atoms with Crippen molar-refractivity contribution in [2.24, 2.45) is 0 Å². The van der Waals surface area contributed by atoms with Gasteiger partial charge in [0.2, 0.25) is 0 Å². The summed E-state index contributed by atoms with van der Waals surface area (Å²) < 4.78 is 12.0. The number of likely N-dealkylation sites (N-methyl/N-ethyl adjacent to an activating group) is 1. The zero-order valence-corrected chi connectivity index (χ0v) is 29.6. The minimum Gasteiger partial charge on any atom is -0.494 e. The van der Waals surface area contributed by atoms with Crippen LogP contribution in [0.1, 0.15) is 42.2 Å². The van der Waals surface area contributed by atoms with Crippen molar-refractivity contribution in [1.82, 2.24) is 14.7 Å².